The van der Waals surface area contributed by atoms with E-state index in [2.05, 4.69) is 0 Å². The fourth-order valence-corrected chi connectivity index (χ4v) is 5.05. The molecule has 21 heavy (non-hydrogen) atoms. The lowest BCUT2D eigenvalue weighted by molar-refractivity contribution is 0.404. The number of rotatable bonds is 4. The minimum Gasteiger partial charge on any atom is -0.330 e. The van der Waals surface area contributed by atoms with Gasteiger partial charge in [-0.25, -0.2) is 8.42 Å². The molecule has 6 heteroatoms. The Morgan fingerprint density at radius 2 is 2.10 bits per heavy atom. The number of halogens is 1. The third kappa shape index (κ3) is 3.26. The van der Waals surface area contributed by atoms with Crippen molar-refractivity contribution in [3.05, 3.63) is 28.8 Å². The first kappa shape index (κ1) is 16.7. The van der Waals surface area contributed by atoms with Crippen molar-refractivity contribution in [2.24, 2.45) is 11.7 Å². The Morgan fingerprint density at radius 3 is 2.62 bits per heavy atom. The second-order valence-corrected chi connectivity index (χ2v) is 8.37. The van der Waals surface area contributed by atoms with Gasteiger partial charge in [0.1, 0.15) is 4.90 Å². The van der Waals surface area contributed by atoms with E-state index in [0.717, 1.165) is 12.0 Å². The van der Waals surface area contributed by atoms with Gasteiger partial charge in [0.2, 0.25) is 10.0 Å². The predicted octanol–water partition coefficient (Wildman–Crippen LogP) is 2.82. The summed E-state index contributed by atoms with van der Waals surface area (Å²) in [4.78, 5) is 0.208. The molecule has 1 fully saturated rings. The van der Waals surface area contributed by atoms with Gasteiger partial charge in [-0.3, -0.25) is 0 Å². The fourth-order valence-electron chi connectivity index (χ4n) is 2.82. The standard InChI is InChI=1S/C15H23ClN2O2S/c1-10(2)13-4-5-14(16)15(7-13)21(19,20)18-9-12(8-17)6-11(18)3/h4-5,7,10-12H,6,8-9,17H2,1-3H3. The number of hydrogen-bond acceptors (Lipinski definition) is 3. The molecule has 0 saturated carbocycles. The predicted molar refractivity (Wildman–Crippen MR) is 86.1 cm³/mol. The third-order valence-electron chi connectivity index (χ3n) is 4.15. The molecule has 0 bridgehead atoms. The molecular formula is C15H23ClN2O2S. The van der Waals surface area contributed by atoms with E-state index in [-0.39, 0.29) is 27.8 Å². The highest BCUT2D eigenvalue weighted by atomic mass is 35.5. The smallest absolute Gasteiger partial charge is 0.244 e. The molecule has 1 aliphatic heterocycles. The summed E-state index contributed by atoms with van der Waals surface area (Å²) in [6.45, 7) is 6.97. The Bertz CT molecular complexity index is 616. The summed E-state index contributed by atoms with van der Waals surface area (Å²) in [7, 11) is -3.57. The van der Waals surface area contributed by atoms with Gasteiger partial charge in [-0.1, -0.05) is 31.5 Å². The summed E-state index contributed by atoms with van der Waals surface area (Å²) in [6.07, 6.45) is 0.803. The largest absolute Gasteiger partial charge is 0.330 e. The lowest BCUT2D eigenvalue weighted by atomic mass is 10.0. The molecule has 2 atom stereocenters. The number of nitrogens with zero attached hydrogens (tertiary/aromatic N) is 1. The van der Waals surface area contributed by atoms with Gasteiger partial charge in [0.15, 0.2) is 0 Å². The van der Waals surface area contributed by atoms with E-state index in [0.29, 0.717) is 13.1 Å². The summed E-state index contributed by atoms with van der Waals surface area (Å²) in [5, 5.41) is 0.280. The Balaban J connectivity index is 2.42. The van der Waals surface area contributed by atoms with Gasteiger partial charge in [0.25, 0.3) is 0 Å². The van der Waals surface area contributed by atoms with E-state index in [4.69, 9.17) is 17.3 Å². The Labute approximate surface area is 132 Å². The van der Waals surface area contributed by atoms with Crippen molar-refractivity contribution in [2.75, 3.05) is 13.1 Å². The van der Waals surface area contributed by atoms with Crippen LogP contribution in [0.5, 0.6) is 0 Å². The normalized spacial score (nSPS) is 23.9. The van der Waals surface area contributed by atoms with Crippen LogP contribution in [0, 0.1) is 5.92 Å². The summed E-state index contributed by atoms with van der Waals surface area (Å²) >= 11 is 6.15. The van der Waals surface area contributed by atoms with Crippen molar-refractivity contribution in [1.82, 2.24) is 4.31 Å². The summed E-state index contributed by atoms with van der Waals surface area (Å²) < 4.78 is 27.3. The van der Waals surface area contributed by atoms with Crippen molar-refractivity contribution in [1.29, 1.82) is 0 Å². The second kappa shape index (κ2) is 6.24. The van der Waals surface area contributed by atoms with Gasteiger partial charge in [0, 0.05) is 12.6 Å². The minimum atomic E-state index is -3.57. The first-order valence-electron chi connectivity index (χ1n) is 7.28. The highest BCUT2D eigenvalue weighted by Crippen LogP contribution is 2.33. The van der Waals surface area contributed by atoms with Gasteiger partial charge in [-0.15, -0.1) is 0 Å². The lowest BCUT2D eigenvalue weighted by Gasteiger charge is -2.22. The summed E-state index contributed by atoms with van der Waals surface area (Å²) in [5.74, 6) is 0.478. The molecule has 4 nitrogen and oxygen atoms in total. The van der Waals surface area contributed by atoms with Crippen LogP contribution >= 0.6 is 11.6 Å². The van der Waals surface area contributed by atoms with Crippen LogP contribution in [-0.2, 0) is 10.0 Å². The monoisotopic (exact) mass is 330 g/mol. The number of nitrogens with two attached hydrogens (primary N) is 1. The van der Waals surface area contributed by atoms with Crippen LogP contribution in [0.4, 0.5) is 0 Å². The molecule has 2 rings (SSSR count). The van der Waals surface area contributed by atoms with E-state index in [1.54, 1.807) is 12.1 Å². The van der Waals surface area contributed by atoms with E-state index in [1.807, 2.05) is 26.8 Å². The van der Waals surface area contributed by atoms with E-state index in [9.17, 15) is 8.42 Å². The number of benzene rings is 1. The first-order valence-corrected chi connectivity index (χ1v) is 9.10. The zero-order chi connectivity index (χ0) is 15.8. The zero-order valence-electron chi connectivity index (χ0n) is 12.7. The number of sulfonamides is 1. The van der Waals surface area contributed by atoms with E-state index in [1.165, 1.54) is 4.31 Å². The van der Waals surface area contributed by atoms with Crippen molar-refractivity contribution in [2.45, 2.75) is 44.0 Å². The SMILES string of the molecule is CC(C)c1ccc(Cl)c(S(=O)(=O)N2CC(CN)CC2C)c1. The van der Waals surface area contributed by atoms with Crippen LogP contribution in [0.15, 0.2) is 23.1 Å². The Hall–Kier alpha value is -0.620. The third-order valence-corrected chi connectivity index (χ3v) is 6.61. The van der Waals surface area contributed by atoms with Crippen LogP contribution in [0.3, 0.4) is 0 Å². The average Bonchev–Trinajstić information content (AvgIpc) is 2.80. The van der Waals surface area contributed by atoms with E-state index < -0.39 is 10.0 Å². The molecule has 1 aromatic rings. The lowest BCUT2D eigenvalue weighted by Crippen LogP contribution is -2.34. The van der Waals surface area contributed by atoms with Crippen molar-refractivity contribution >= 4 is 21.6 Å². The maximum atomic E-state index is 12.9. The Kier molecular flexibility index (Phi) is 4.98. The molecule has 0 amide bonds. The number of hydrogen-bond donors (Lipinski definition) is 1. The first-order chi connectivity index (χ1) is 9.77. The molecule has 1 heterocycles. The fraction of sp³-hybridized carbons (Fsp3) is 0.600. The van der Waals surface area contributed by atoms with Crippen molar-refractivity contribution in [3.63, 3.8) is 0 Å². The highest BCUT2D eigenvalue weighted by Gasteiger charge is 2.38. The highest BCUT2D eigenvalue weighted by molar-refractivity contribution is 7.89. The van der Waals surface area contributed by atoms with Crippen LogP contribution in [-0.4, -0.2) is 31.9 Å². The van der Waals surface area contributed by atoms with Gasteiger partial charge in [0.05, 0.1) is 5.02 Å². The molecule has 1 saturated heterocycles. The average molecular weight is 331 g/mol. The van der Waals surface area contributed by atoms with Gasteiger partial charge in [-0.2, -0.15) is 4.31 Å². The quantitative estimate of drug-likeness (QED) is 0.923. The molecule has 0 aliphatic carbocycles. The topological polar surface area (TPSA) is 63.4 Å². The molecule has 2 N–H and O–H groups in total. The molecule has 0 radical (unpaired) electrons. The van der Waals surface area contributed by atoms with E-state index >= 15 is 0 Å². The van der Waals surface area contributed by atoms with Gasteiger partial charge >= 0.3 is 0 Å². The zero-order valence-corrected chi connectivity index (χ0v) is 14.3. The van der Waals surface area contributed by atoms with Crippen molar-refractivity contribution in [3.8, 4) is 0 Å². The minimum absolute atomic E-state index is 0.0395. The molecule has 2 unspecified atom stereocenters. The second-order valence-electron chi connectivity index (χ2n) is 6.11. The van der Waals surface area contributed by atoms with Crippen LogP contribution < -0.4 is 5.73 Å². The van der Waals surface area contributed by atoms with Crippen LogP contribution in [0.1, 0.15) is 38.7 Å². The summed E-state index contributed by atoms with van der Waals surface area (Å²) in [6, 6.07) is 5.21. The maximum absolute atomic E-state index is 12.9. The van der Waals surface area contributed by atoms with Gasteiger partial charge in [-0.05, 0) is 49.4 Å². The Morgan fingerprint density at radius 1 is 1.43 bits per heavy atom. The molecule has 118 valence electrons. The molecular weight excluding hydrogens is 308 g/mol. The van der Waals surface area contributed by atoms with Gasteiger partial charge < -0.3 is 5.73 Å². The molecule has 0 spiro atoms. The summed E-state index contributed by atoms with van der Waals surface area (Å²) in [5.41, 5.74) is 6.66. The van der Waals surface area contributed by atoms with Crippen LogP contribution in [0.2, 0.25) is 5.02 Å². The molecule has 1 aliphatic rings. The molecule has 1 aromatic carbocycles. The van der Waals surface area contributed by atoms with Crippen LogP contribution in [0.25, 0.3) is 0 Å². The molecule has 0 aromatic heterocycles. The van der Waals surface area contributed by atoms with Crippen molar-refractivity contribution < 1.29 is 8.42 Å². The maximum Gasteiger partial charge on any atom is 0.244 e.